The fraction of sp³-hybridized carbons (Fsp3) is 0.810. The summed E-state index contributed by atoms with van der Waals surface area (Å²) in [6.45, 7) is 5.43. The highest BCUT2D eigenvalue weighted by molar-refractivity contribution is 5.92. The monoisotopic (exact) mass is 380 g/mol. The molecule has 4 aliphatic rings. The molecule has 0 heterocycles. The third-order valence-corrected chi connectivity index (χ3v) is 8.78. The van der Waals surface area contributed by atoms with Gasteiger partial charge >= 0.3 is 5.97 Å². The third-order valence-electron chi connectivity index (χ3n) is 8.78. The lowest BCUT2D eigenvalue weighted by atomic mass is 9.45. The zero-order chi connectivity index (χ0) is 19.9. The van der Waals surface area contributed by atoms with Gasteiger partial charge in [-0.15, -0.1) is 0 Å². The predicted octanol–water partition coefficient (Wildman–Crippen LogP) is 2.50. The summed E-state index contributed by atoms with van der Waals surface area (Å²) in [5.41, 5.74) is -3.01. The molecule has 0 aromatic rings. The Balaban J connectivity index is 1.81. The van der Waals surface area contributed by atoms with Gasteiger partial charge in [0.25, 0.3) is 0 Å². The van der Waals surface area contributed by atoms with Crippen molar-refractivity contribution in [3.63, 3.8) is 0 Å². The van der Waals surface area contributed by atoms with Crippen molar-refractivity contribution in [3.05, 3.63) is 11.6 Å². The van der Waals surface area contributed by atoms with E-state index in [0.717, 1.165) is 0 Å². The van der Waals surface area contributed by atoms with E-state index in [0.29, 0.717) is 24.8 Å². The van der Waals surface area contributed by atoms with Crippen molar-refractivity contribution in [2.24, 2.45) is 34.5 Å². The molecule has 0 aliphatic heterocycles. The second-order valence-corrected chi connectivity index (χ2v) is 9.88. The van der Waals surface area contributed by atoms with Crippen molar-refractivity contribution >= 4 is 11.8 Å². The minimum Gasteiger partial charge on any atom is -0.479 e. The van der Waals surface area contributed by atoms with Crippen molar-refractivity contribution < 1.29 is 29.3 Å². The van der Waals surface area contributed by atoms with Crippen LogP contribution in [0, 0.1) is 34.5 Å². The van der Waals surface area contributed by atoms with Crippen LogP contribution in [0.4, 0.5) is 4.39 Å². The quantitative estimate of drug-likeness (QED) is 0.650. The number of hydrogen-bond donors (Lipinski definition) is 3. The van der Waals surface area contributed by atoms with Crippen LogP contribution in [0.2, 0.25) is 0 Å². The van der Waals surface area contributed by atoms with Crippen molar-refractivity contribution in [3.8, 4) is 0 Å². The summed E-state index contributed by atoms with van der Waals surface area (Å²) >= 11 is 0. The van der Waals surface area contributed by atoms with Crippen LogP contribution in [0.5, 0.6) is 0 Å². The highest BCUT2D eigenvalue weighted by Gasteiger charge is 2.71. The molecule has 0 spiro atoms. The van der Waals surface area contributed by atoms with Gasteiger partial charge in [0.2, 0.25) is 0 Å². The number of alkyl halides is 1. The van der Waals surface area contributed by atoms with E-state index < -0.39 is 40.6 Å². The SMILES string of the molecule is C[C@@H]1C[C@H]2[C@@H]3C[C@H](F)C4=CC(=O)CC[C@]4(C)[C@H]3[C@@H](O)C[C@]2(C)[C@@]1(O)C(=O)O. The van der Waals surface area contributed by atoms with Gasteiger partial charge in [-0.1, -0.05) is 20.8 Å². The molecule has 5 nitrogen and oxygen atoms in total. The van der Waals surface area contributed by atoms with Gasteiger partial charge in [-0.2, -0.15) is 0 Å². The normalized spacial score (nSPS) is 54.6. The second-order valence-electron chi connectivity index (χ2n) is 9.88. The maximum absolute atomic E-state index is 15.2. The molecular weight excluding hydrogens is 351 g/mol. The van der Waals surface area contributed by atoms with Gasteiger partial charge in [0, 0.05) is 11.8 Å². The average molecular weight is 380 g/mol. The number of aliphatic hydroxyl groups is 2. The third kappa shape index (κ3) is 2.17. The Labute approximate surface area is 158 Å². The first-order valence-corrected chi connectivity index (χ1v) is 9.99. The van der Waals surface area contributed by atoms with Crippen LogP contribution < -0.4 is 0 Å². The summed E-state index contributed by atoms with van der Waals surface area (Å²) in [5.74, 6) is -2.38. The molecule has 0 saturated heterocycles. The van der Waals surface area contributed by atoms with E-state index >= 15 is 4.39 Å². The minimum atomic E-state index is -1.92. The number of allylic oxidation sites excluding steroid dienone is 1. The number of ketones is 1. The first-order valence-electron chi connectivity index (χ1n) is 9.99. The smallest absolute Gasteiger partial charge is 0.336 e. The number of fused-ring (bicyclic) bond motifs is 5. The van der Waals surface area contributed by atoms with Gasteiger partial charge < -0.3 is 15.3 Å². The van der Waals surface area contributed by atoms with Crippen LogP contribution in [0.25, 0.3) is 0 Å². The summed E-state index contributed by atoms with van der Waals surface area (Å²) in [7, 11) is 0. The van der Waals surface area contributed by atoms with E-state index in [1.54, 1.807) is 13.8 Å². The molecule has 6 heteroatoms. The van der Waals surface area contributed by atoms with Gasteiger partial charge in [-0.25, -0.2) is 9.18 Å². The van der Waals surface area contributed by atoms with Gasteiger partial charge in [0.1, 0.15) is 6.17 Å². The number of carbonyl (C=O) groups excluding carboxylic acids is 1. The molecule has 27 heavy (non-hydrogen) atoms. The van der Waals surface area contributed by atoms with Crippen LogP contribution in [0.15, 0.2) is 11.6 Å². The zero-order valence-electron chi connectivity index (χ0n) is 16.1. The Bertz CT molecular complexity index is 734. The molecule has 9 atom stereocenters. The molecule has 3 fully saturated rings. The Morgan fingerprint density at radius 2 is 1.96 bits per heavy atom. The van der Waals surface area contributed by atoms with Gasteiger partial charge in [-0.05, 0) is 66.4 Å². The Morgan fingerprint density at radius 1 is 1.30 bits per heavy atom. The summed E-state index contributed by atoms with van der Waals surface area (Å²) < 4.78 is 15.2. The molecule has 3 saturated carbocycles. The fourth-order valence-electron chi connectivity index (χ4n) is 7.48. The zero-order valence-corrected chi connectivity index (χ0v) is 16.1. The van der Waals surface area contributed by atoms with Crippen LogP contribution >= 0.6 is 0 Å². The summed E-state index contributed by atoms with van der Waals surface area (Å²) in [4.78, 5) is 23.9. The minimum absolute atomic E-state index is 0.0616. The number of rotatable bonds is 1. The highest BCUT2D eigenvalue weighted by atomic mass is 19.1. The van der Waals surface area contributed by atoms with E-state index in [4.69, 9.17) is 0 Å². The van der Waals surface area contributed by atoms with Crippen molar-refractivity contribution in [2.75, 3.05) is 0 Å². The number of carboxylic acid groups (broad SMARTS) is 1. The van der Waals surface area contributed by atoms with Crippen LogP contribution in [0.3, 0.4) is 0 Å². The van der Waals surface area contributed by atoms with Gasteiger partial charge in [0.05, 0.1) is 6.10 Å². The first-order chi connectivity index (χ1) is 12.5. The maximum atomic E-state index is 15.2. The van der Waals surface area contributed by atoms with E-state index in [-0.39, 0.29) is 36.4 Å². The van der Waals surface area contributed by atoms with Gasteiger partial charge in [0.15, 0.2) is 11.4 Å². The molecule has 4 rings (SSSR count). The molecular formula is C21H29FO5. The molecule has 3 N–H and O–H groups in total. The van der Waals surface area contributed by atoms with E-state index in [9.17, 15) is 24.9 Å². The summed E-state index contributed by atoms with van der Waals surface area (Å²) in [6, 6.07) is 0. The fourth-order valence-corrected chi connectivity index (χ4v) is 7.48. The highest BCUT2D eigenvalue weighted by Crippen LogP contribution is 2.68. The van der Waals surface area contributed by atoms with Gasteiger partial charge in [-0.3, -0.25) is 4.79 Å². The summed E-state index contributed by atoms with van der Waals surface area (Å²) in [5, 5.41) is 32.1. The van der Waals surface area contributed by atoms with Crippen LogP contribution in [0.1, 0.15) is 52.9 Å². The second kappa shape index (κ2) is 5.63. The number of aliphatic carboxylic acids is 1. The van der Waals surface area contributed by atoms with E-state index in [1.807, 2.05) is 6.92 Å². The summed E-state index contributed by atoms with van der Waals surface area (Å²) in [6.07, 6.45) is 1.08. The Hall–Kier alpha value is -1.27. The average Bonchev–Trinajstić information content (AvgIpc) is 2.78. The molecule has 0 bridgehead atoms. The molecule has 150 valence electrons. The Morgan fingerprint density at radius 3 is 2.59 bits per heavy atom. The van der Waals surface area contributed by atoms with E-state index in [2.05, 4.69) is 0 Å². The van der Waals surface area contributed by atoms with Crippen LogP contribution in [-0.4, -0.2) is 44.9 Å². The first kappa shape index (κ1) is 19.1. The molecule has 0 radical (unpaired) electrons. The molecule has 0 aromatic carbocycles. The number of hydrogen-bond acceptors (Lipinski definition) is 4. The molecule has 4 aliphatic carbocycles. The van der Waals surface area contributed by atoms with Crippen molar-refractivity contribution in [2.45, 2.75) is 70.8 Å². The number of aliphatic hydroxyl groups excluding tert-OH is 1. The van der Waals surface area contributed by atoms with Crippen molar-refractivity contribution in [1.29, 1.82) is 0 Å². The number of carbonyl (C=O) groups is 2. The Kier molecular flexibility index (Phi) is 3.98. The predicted molar refractivity (Wildman–Crippen MR) is 95.5 cm³/mol. The van der Waals surface area contributed by atoms with Crippen molar-refractivity contribution in [1.82, 2.24) is 0 Å². The topological polar surface area (TPSA) is 94.8 Å². The number of halogens is 1. The van der Waals surface area contributed by atoms with Crippen LogP contribution in [-0.2, 0) is 9.59 Å². The van der Waals surface area contributed by atoms with E-state index in [1.165, 1.54) is 6.08 Å². The standard InChI is InChI=1S/C21H29FO5/c1-10-6-13-12-8-15(22)14-7-11(23)4-5-19(14,2)17(12)16(24)9-20(13,3)21(10,27)18(25)26/h7,10,12-13,15-17,24,27H,4-6,8-9H2,1-3H3,(H,25,26)/t10-,12+,13+,15+,16+,17-,19+,20+,21+/m1/s1. The molecule has 0 unspecified atom stereocenters. The lowest BCUT2D eigenvalue weighted by Gasteiger charge is -2.60. The molecule has 0 aromatic heterocycles. The largest absolute Gasteiger partial charge is 0.479 e. The lowest BCUT2D eigenvalue weighted by molar-refractivity contribution is -0.201. The molecule has 0 amide bonds. The lowest BCUT2D eigenvalue weighted by Crippen LogP contribution is -2.63. The maximum Gasteiger partial charge on any atom is 0.336 e. The number of carboxylic acids is 1.